The molecule has 0 saturated carbocycles. The van der Waals surface area contributed by atoms with Gasteiger partial charge in [-0.1, -0.05) is 13.8 Å². The van der Waals surface area contributed by atoms with Crippen molar-refractivity contribution in [3.8, 4) is 0 Å². The second-order valence-corrected chi connectivity index (χ2v) is 4.04. The van der Waals surface area contributed by atoms with Gasteiger partial charge in [-0.15, -0.1) is 0 Å². The quantitative estimate of drug-likeness (QED) is 0.603. The molecule has 0 aliphatic rings. The van der Waals surface area contributed by atoms with Crippen molar-refractivity contribution in [1.29, 1.82) is 0 Å². The van der Waals surface area contributed by atoms with E-state index in [4.69, 9.17) is 4.74 Å². The zero-order valence-electron chi connectivity index (χ0n) is 12.4. The fourth-order valence-corrected chi connectivity index (χ4v) is 1.69. The van der Waals surface area contributed by atoms with E-state index in [0.29, 0.717) is 13.2 Å². The lowest BCUT2D eigenvalue weighted by Gasteiger charge is -2.20. The molecule has 0 aromatic heterocycles. The van der Waals surface area contributed by atoms with E-state index in [9.17, 15) is 4.79 Å². The molecular formula is C13H29N3O2. The molecule has 0 aliphatic carbocycles. The summed E-state index contributed by atoms with van der Waals surface area (Å²) in [7, 11) is 0. The van der Waals surface area contributed by atoms with Crippen molar-refractivity contribution in [3.05, 3.63) is 0 Å². The highest BCUT2D eigenvalue weighted by Gasteiger charge is 2.07. The second kappa shape index (κ2) is 11.3. The van der Waals surface area contributed by atoms with Gasteiger partial charge >= 0.3 is 6.03 Å². The number of hydrogen-bond donors (Lipinski definition) is 1. The van der Waals surface area contributed by atoms with E-state index >= 15 is 0 Å². The minimum atomic E-state index is -0.00709. The Morgan fingerprint density at radius 2 is 1.61 bits per heavy atom. The van der Waals surface area contributed by atoms with E-state index in [-0.39, 0.29) is 6.03 Å². The summed E-state index contributed by atoms with van der Waals surface area (Å²) >= 11 is 0. The Morgan fingerprint density at radius 3 is 2.11 bits per heavy atom. The molecule has 0 fully saturated rings. The molecule has 0 radical (unpaired) electrons. The van der Waals surface area contributed by atoms with Crippen LogP contribution < -0.4 is 5.32 Å². The van der Waals surface area contributed by atoms with Crippen LogP contribution in [0.5, 0.6) is 0 Å². The number of likely N-dealkylation sites (N-methyl/N-ethyl adjacent to an activating group) is 1. The summed E-state index contributed by atoms with van der Waals surface area (Å²) in [5, 5.41) is 2.85. The second-order valence-electron chi connectivity index (χ2n) is 4.04. The topological polar surface area (TPSA) is 44.8 Å². The molecule has 0 saturated heterocycles. The van der Waals surface area contributed by atoms with Gasteiger partial charge in [-0.25, -0.2) is 4.79 Å². The third kappa shape index (κ3) is 7.50. The van der Waals surface area contributed by atoms with Crippen LogP contribution in [0, 0.1) is 0 Å². The number of carbonyl (C=O) groups excluding carboxylic acids is 1. The SMILES string of the molecule is CCN(CC)CCOCCNC(=O)N(CC)CC. The first kappa shape index (κ1) is 17.2. The van der Waals surface area contributed by atoms with Crippen molar-refractivity contribution in [2.24, 2.45) is 0 Å². The summed E-state index contributed by atoms with van der Waals surface area (Å²) in [6.45, 7) is 14.7. The molecule has 0 aromatic rings. The molecule has 0 spiro atoms. The maximum absolute atomic E-state index is 11.6. The van der Waals surface area contributed by atoms with Gasteiger partial charge in [0, 0.05) is 26.2 Å². The number of rotatable bonds is 10. The van der Waals surface area contributed by atoms with Crippen LogP contribution in [0.4, 0.5) is 4.79 Å². The van der Waals surface area contributed by atoms with E-state index in [1.165, 1.54) is 0 Å². The van der Waals surface area contributed by atoms with E-state index in [1.54, 1.807) is 4.90 Å². The number of ether oxygens (including phenoxy) is 1. The first-order chi connectivity index (χ1) is 8.69. The van der Waals surface area contributed by atoms with Crippen LogP contribution in [0.15, 0.2) is 0 Å². The molecule has 108 valence electrons. The van der Waals surface area contributed by atoms with Crippen LogP contribution in [0.1, 0.15) is 27.7 Å². The summed E-state index contributed by atoms with van der Waals surface area (Å²) in [6.07, 6.45) is 0. The Kier molecular flexibility index (Phi) is 10.8. The minimum absolute atomic E-state index is 0.00709. The lowest BCUT2D eigenvalue weighted by atomic mass is 10.5. The van der Waals surface area contributed by atoms with E-state index in [2.05, 4.69) is 24.1 Å². The molecule has 0 bridgehead atoms. The number of nitrogens with one attached hydrogen (secondary N) is 1. The van der Waals surface area contributed by atoms with Crippen molar-refractivity contribution < 1.29 is 9.53 Å². The Morgan fingerprint density at radius 1 is 1.00 bits per heavy atom. The van der Waals surface area contributed by atoms with Crippen molar-refractivity contribution in [2.75, 3.05) is 52.5 Å². The highest BCUT2D eigenvalue weighted by Crippen LogP contribution is 1.88. The maximum Gasteiger partial charge on any atom is 0.317 e. The molecule has 0 rings (SSSR count). The Labute approximate surface area is 111 Å². The van der Waals surface area contributed by atoms with Crippen molar-refractivity contribution in [1.82, 2.24) is 15.1 Å². The first-order valence-corrected chi connectivity index (χ1v) is 7.02. The van der Waals surface area contributed by atoms with Crippen LogP contribution >= 0.6 is 0 Å². The maximum atomic E-state index is 11.6. The molecule has 1 N–H and O–H groups in total. The summed E-state index contributed by atoms with van der Waals surface area (Å²) in [5.41, 5.74) is 0. The molecule has 0 unspecified atom stereocenters. The van der Waals surface area contributed by atoms with Gasteiger partial charge in [-0.05, 0) is 26.9 Å². The number of nitrogens with zero attached hydrogens (tertiary/aromatic N) is 2. The molecule has 0 aromatic carbocycles. The Hall–Kier alpha value is -0.810. The van der Waals surface area contributed by atoms with Gasteiger partial charge in [0.05, 0.1) is 13.2 Å². The van der Waals surface area contributed by atoms with Crippen molar-refractivity contribution in [2.45, 2.75) is 27.7 Å². The summed E-state index contributed by atoms with van der Waals surface area (Å²) in [5.74, 6) is 0. The predicted molar refractivity (Wildman–Crippen MR) is 74.9 cm³/mol. The van der Waals surface area contributed by atoms with Gasteiger partial charge in [0.1, 0.15) is 0 Å². The fourth-order valence-electron chi connectivity index (χ4n) is 1.69. The van der Waals surface area contributed by atoms with Crippen LogP contribution in [-0.4, -0.2) is 68.3 Å². The van der Waals surface area contributed by atoms with Gasteiger partial charge in [-0.3, -0.25) is 0 Å². The van der Waals surface area contributed by atoms with E-state index in [1.807, 2.05) is 13.8 Å². The lowest BCUT2D eigenvalue weighted by molar-refractivity contribution is 0.108. The number of carbonyl (C=O) groups is 1. The Bertz CT molecular complexity index is 204. The van der Waals surface area contributed by atoms with Gasteiger partial charge in [0.2, 0.25) is 0 Å². The number of urea groups is 1. The summed E-state index contributed by atoms with van der Waals surface area (Å²) in [4.78, 5) is 15.7. The molecule has 5 nitrogen and oxygen atoms in total. The largest absolute Gasteiger partial charge is 0.378 e. The van der Waals surface area contributed by atoms with Crippen molar-refractivity contribution >= 4 is 6.03 Å². The van der Waals surface area contributed by atoms with Gasteiger partial charge < -0.3 is 19.9 Å². The Balaban J connectivity index is 3.48. The highest BCUT2D eigenvalue weighted by molar-refractivity contribution is 5.73. The molecule has 2 amide bonds. The average molecular weight is 259 g/mol. The van der Waals surface area contributed by atoms with Crippen LogP contribution in [0.3, 0.4) is 0 Å². The first-order valence-electron chi connectivity index (χ1n) is 7.02. The minimum Gasteiger partial charge on any atom is -0.378 e. The zero-order chi connectivity index (χ0) is 13.8. The number of amides is 2. The fraction of sp³-hybridized carbons (Fsp3) is 0.923. The lowest BCUT2D eigenvalue weighted by Crippen LogP contribution is -2.41. The molecule has 5 heteroatoms. The van der Waals surface area contributed by atoms with Crippen LogP contribution in [0.2, 0.25) is 0 Å². The molecule has 0 aliphatic heterocycles. The third-order valence-electron chi connectivity index (χ3n) is 3.02. The van der Waals surface area contributed by atoms with Gasteiger partial charge in [0.25, 0.3) is 0 Å². The van der Waals surface area contributed by atoms with Crippen LogP contribution in [-0.2, 0) is 4.74 Å². The highest BCUT2D eigenvalue weighted by atomic mass is 16.5. The summed E-state index contributed by atoms with van der Waals surface area (Å²) < 4.78 is 5.49. The van der Waals surface area contributed by atoms with Crippen LogP contribution in [0.25, 0.3) is 0 Å². The van der Waals surface area contributed by atoms with E-state index in [0.717, 1.165) is 39.3 Å². The van der Waals surface area contributed by atoms with E-state index < -0.39 is 0 Å². The normalized spacial score (nSPS) is 10.7. The standard InChI is InChI=1S/C13H29N3O2/c1-5-15(6-2)10-12-18-11-9-14-13(17)16(7-3)8-4/h5-12H2,1-4H3,(H,14,17). The zero-order valence-corrected chi connectivity index (χ0v) is 12.4. The third-order valence-corrected chi connectivity index (χ3v) is 3.02. The summed E-state index contributed by atoms with van der Waals surface area (Å²) in [6, 6.07) is -0.00709. The monoisotopic (exact) mass is 259 g/mol. The predicted octanol–water partition coefficient (Wildman–Crippen LogP) is 1.40. The average Bonchev–Trinajstić information content (AvgIpc) is 2.39. The molecule has 0 atom stereocenters. The molecule has 18 heavy (non-hydrogen) atoms. The molecule has 0 heterocycles. The van der Waals surface area contributed by atoms with Crippen molar-refractivity contribution in [3.63, 3.8) is 0 Å². The number of hydrogen-bond acceptors (Lipinski definition) is 3. The van der Waals surface area contributed by atoms with Gasteiger partial charge in [-0.2, -0.15) is 0 Å². The van der Waals surface area contributed by atoms with Gasteiger partial charge in [0.15, 0.2) is 0 Å². The molecular weight excluding hydrogens is 230 g/mol. The smallest absolute Gasteiger partial charge is 0.317 e.